The highest BCUT2D eigenvalue weighted by Crippen LogP contribution is 2.09. The molecule has 0 aromatic carbocycles. The predicted octanol–water partition coefficient (Wildman–Crippen LogP) is 1.26. The van der Waals surface area contributed by atoms with Crippen LogP contribution in [0, 0.1) is 5.95 Å². The second-order valence-corrected chi connectivity index (χ2v) is 3.83. The van der Waals surface area contributed by atoms with Crippen LogP contribution in [-0.4, -0.2) is 36.0 Å². The molecule has 0 saturated heterocycles. The molecule has 7 nitrogen and oxygen atoms in total. The summed E-state index contributed by atoms with van der Waals surface area (Å²) in [6.45, 7) is 2.05. The Morgan fingerprint density at radius 2 is 2.22 bits per heavy atom. The van der Waals surface area contributed by atoms with Gasteiger partial charge in [0.15, 0.2) is 0 Å². The molecule has 0 bridgehead atoms. The van der Waals surface area contributed by atoms with Gasteiger partial charge in [0.1, 0.15) is 5.69 Å². The van der Waals surface area contributed by atoms with Crippen molar-refractivity contribution in [1.82, 2.24) is 30.0 Å². The summed E-state index contributed by atoms with van der Waals surface area (Å²) in [5, 5.41) is 13.9. The van der Waals surface area contributed by atoms with Crippen molar-refractivity contribution >= 4 is 6.03 Å². The van der Waals surface area contributed by atoms with Gasteiger partial charge < -0.3 is 0 Å². The molecule has 2 rings (SSSR count). The third-order valence-electron chi connectivity index (χ3n) is 2.53. The first-order chi connectivity index (χ1) is 8.74. The van der Waals surface area contributed by atoms with E-state index in [0.717, 1.165) is 28.6 Å². The van der Waals surface area contributed by atoms with Crippen LogP contribution in [0.2, 0.25) is 0 Å². The van der Waals surface area contributed by atoms with Crippen molar-refractivity contribution in [2.24, 2.45) is 0 Å². The smallest absolute Gasteiger partial charge is 0.243 e. The molecule has 2 heterocycles. The fourth-order valence-corrected chi connectivity index (χ4v) is 1.60. The maximum atomic E-state index is 13.4. The number of hydrogen-bond acceptors (Lipinski definition) is 5. The van der Waals surface area contributed by atoms with Crippen LogP contribution >= 0.6 is 0 Å². The average molecular weight is 252 g/mol. The zero-order chi connectivity index (χ0) is 13.0. The molecule has 0 radical (unpaired) electrons. The van der Waals surface area contributed by atoms with Gasteiger partial charge >= 0.3 is 6.03 Å². The number of aromatic nitrogens is 6. The van der Waals surface area contributed by atoms with Gasteiger partial charge in [0.05, 0.1) is 12.4 Å². The summed E-state index contributed by atoms with van der Waals surface area (Å²) in [5.41, 5.74) is 0.184. The van der Waals surface area contributed by atoms with Crippen LogP contribution in [0.5, 0.6) is 0 Å². The minimum absolute atomic E-state index is 0.184. The zero-order valence-electron chi connectivity index (χ0n) is 9.95. The van der Waals surface area contributed by atoms with E-state index in [4.69, 9.17) is 0 Å². The van der Waals surface area contributed by atoms with E-state index in [1.165, 1.54) is 12.4 Å². The van der Waals surface area contributed by atoms with E-state index < -0.39 is 12.0 Å². The number of carbonyl (C=O) groups excluding carboxylic acids is 1. The van der Waals surface area contributed by atoms with Crippen molar-refractivity contribution in [1.29, 1.82) is 0 Å². The summed E-state index contributed by atoms with van der Waals surface area (Å²) in [4.78, 5) is 11.9. The second kappa shape index (κ2) is 5.48. The summed E-state index contributed by atoms with van der Waals surface area (Å²) >= 11 is 0. The summed E-state index contributed by atoms with van der Waals surface area (Å²) in [7, 11) is 0. The Morgan fingerprint density at radius 1 is 1.39 bits per heavy atom. The monoisotopic (exact) mass is 252 g/mol. The lowest BCUT2D eigenvalue weighted by molar-refractivity contribution is 0.236. The molecule has 0 aliphatic heterocycles. The van der Waals surface area contributed by atoms with Crippen LogP contribution in [0.25, 0.3) is 0 Å². The highest BCUT2D eigenvalue weighted by atomic mass is 19.1. The molecular formula is C10H13FN6O. The lowest BCUT2D eigenvalue weighted by Crippen LogP contribution is -2.23. The standard InChI is InChI=1S/C10H13FN6O/c1-2-3-4-5-8-9(11)13-15-17(8)10(18)16-7-6-12-14-16/h6-7H,2-5H2,1H3. The van der Waals surface area contributed by atoms with Crippen LogP contribution in [-0.2, 0) is 6.42 Å². The second-order valence-electron chi connectivity index (χ2n) is 3.83. The first kappa shape index (κ1) is 12.3. The first-order valence-corrected chi connectivity index (χ1v) is 5.75. The van der Waals surface area contributed by atoms with E-state index in [2.05, 4.69) is 20.6 Å². The molecule has 8 heteroatoms. The van der Waals surface area contributed by atoms with Crippen LogP contribution in [0.1, 0.15) is 31.9 Å². The third kappa shape index (κ3) is 2.41. The van der Waals surface area contributed by atoms with Crippen molar-refractivity contribution in [2.75, 3.05) is 0 Å². The average Bonchev–Trinajstić information content (AvgIpc) is 3.00. The minimum Gasteiger partial charge on any atom is -0.243 e. The Bertz CT molecular complexity index is 520. The van der Waals surface area contributed by atoms with Crippen molar-refractivity contribution in [2.45, 2.75) is 32.6 Å². The molecule has 18 heavy (non-hydrogen) atoms. The summed E-state index contributed by atoms with van der Waals surface area (Å²) in [5.74, 6) is -0.709. The molecule has 0 atom stereocenters. The van der Waals surface area contributed by atoms with Gasteiger partial charge in [-0.25, -0.2) is 4.79 Å². The zero-order valence-corrected chi connectivity index (χ0v) is 9.95. The van der Waals surface area contributed by atoms with E-state index >= 15 is 0 Å². The molecule has 2 aromatic heterocycles. The van der Waals surface area contributed by atoms with Gasteiger partial charge in [-0.15, -0.1) is 5.10 Å². The maximum absolute atomic E-state index is 13.4. The molecule has 0 fully saturated rings. The highest BCUT2D eigenvalue weighted by molar-refractivity contribution is 5.77. The fraction of sp³-hybridized carbons (Fsp3) is 0.500. The molecule has 0 aliphatic carbocycles. The number of carbonyl (C=O) groups is 1. The van der Waals surface area contributed by atoms with Crippen molar-refractivity contribution in [3.63, 3.8) is 0 Å². The Morgan fingerprint density at radius 3 is 2.89 bits per heavy atom. The van der Waals surface area contributed by atoms with Gasteiger partial charge in [0.2, 0.25) is 0 Å². The van der Waals surface area contributed by atoms with Gasteiger partial charge in [0, 0.05) is 0 Å². The Balaban J connectivity index is 2.20. The summed E-state index contributed by atoms with van der Waals surface area (Å²) < 4.78 is 15.4. The number of rotatable bonds is 4. The highest BCUT2D eigenvalue weighted by Gasteiger charge is 2.19. The van der Waals surface area contributed by atoms with Crippen LogP contribution in [0.15, 0.2) is 12.4 Å². The van der Waals surface area contributed by atoms with Crippen LogP contribution in [0.3, 0.4) is 0 Å². The van der Waals surface area contributed by atoms with Crippen LogP contribution < -0.4 is 0 Å². The lowest BCUT2D eigenvalue weighted by atomic mass is 10.2. The molecule has 0 amide bonds. The maximum Gasteiger partial charge on any atom is 0.372 e. The van der Waals surface area contributed by atoms with E-state index in [1.54, 1.807) is 0 Å². The summed E-state index contributed by atoms with van der Waals surface area (Å²) in [6.07, 6.45) is 5.92. The van der Waals surface area contributed by atoms with Crippen molar-refractivity contribution in [3.05, 3.63) is 24.0 Å². The lowest BCUT2D eigenvalue weighted by Gasteiger charge is -2.03. The van der Waals surface area contributed by atoms with Gasteiger partial charge in [0.25, 0.3) is 5.95 Å². The normalized spacial score (nSPS) is 10.8. The molecule has 2 aromatic rings. The number of hydrogen-bond donors (Lipinski definition) is 0. The van der Waals surface area contributed by atoms with E-state index in [9.17, 15) is 9.18 Å². The largest absolute Gasteiger partial charge is 0.372 e. The third-order valence-corrected chi connectivity index (χ3v) is 2.53. The van der Waals surface area contributed by atoms with Crippen molar-refractivity contribution in [3.8, 4) is 0 Å². The molecule has 0 aliphatic rings. The van der Waals surface area contributed by atoms with E-state index in [1.807, 2.05) is 6.92 Å². The fourth-order valence-electron chi connectivity index (χ4n) is 1.60. The quantitative estimate of drug-likeness (QED) is 0.765. The number of nitrogens with zero attached hydrogens (tertiary/aromatic N) is 6. The Hall–Kier alpha value is -2.12. The van der Waals surface area contributed by atoms with Crippen molar-refractivity contribution < 1.29 is 9.18 Å². The van der Waals surface area contributed by atoms with E-state index in [-0.39, 0.29) is 5.69 Å². The van der Waals surface area contributed by atoms with Gasteiger partial charge in [-0.05, 0) is 12.8 Å². The molecule has 96 valence electrons. The molecule has 0 unspecified atom stereocenters. The van der Waals surface area contributed by atoms with E-state index in [0.29, 0.717) is 6.42 Å². The first-order valence-electron chi connectivity index (χ1n) is 5.75. The molecule has 0 saturated carbocycles. The van der Waals surface area contributed by atoms with Gasteiger partial charge in [-0.2, -0.15) is 13.8 Å². The molecule has 0 spiro atoms. The topological polar surface area (TPSA) is 78.5 Å². The van der Waals surface area contributed by atoms with Gasteiger partial charge in [-0.3, -0.25) is 0 Å². The van der Waals surface area contributed by atoms with Gasteiger partial charge in [-0.1, -0.05) is 35.3 Å². The number of halogens is 1. The SMILES string of the molecule is CCCCCc1c(F)nnn1C(=O)n1ccnn1. The molecular weight excluding hydrogens is 239 g/mol. The Kier molecular flexibility index (Phi) is 3.75. The minimum atomic E-state index is -0.709. The molecule has 0 N–H and O–H groups in total. The van der Waals surface area contributed by atoms with Crippen LogP contribution in [0.4, 0.5) is 9.18 Å². The Labute approximate surface area is 103 Å². The number of unbranched alkanes of at least 4 members (excludes halogenated alkanes) is 2. The predicted molar refractivity (Wildman–Crippen MR) is 59.4 cm³/mol. The summed E-state index contributed by atoms with van der Waals surface area (Å²) in [6, 6.07) is -0.588.